The van der Waals surface area contributed by atoms with Crippen LogP contribution in [0, 0.1) is 0 Å². The molecule has 1 N–H and O–H groups in total. The maximum absolute atomic E-state index is 12.5. The van der Waals surface area contributed by atoms with Crippen molar-refractivity contribution in [2.75, 3.05) is 18.9 Å². The van der Waals surface area contributed by atoms with Crippen LogP contribution in [-0.4, -0.2) is 29.0 Å². The second-order valence-electron chi connectivity index (χ2n) is 4.67. The third-order valence-electron chi connectivity index (χ3n) is 3.00. The van der Waals surface area contributed by atoms with Crippen LogP contribution in [0.4, 0.5) is 18.9 Å². The molecule has 136 valence electrons. The molecule has 0 saturated heterocycles. The third-order valence-corrected chi connectivity index (χ3v) is 4.42. The zero-order valence-electron chi connectivity index (χ0n) is 13.1. The number of benzene rings is 2. The predicted molar refractivity (Wildman–Crippen MR) is 83.5 cm³/mol. The van der Waals surface area contributed by atoms with E-state index in [1.54, 1.807) is 0 Å². The van der Waals surface area contributed by atoms with E-state index in [0.717, 1.165) is 12.1 Å². The number of hydrogen-bond acceptors (Lipinski definition) is 5. The van der Waals surface area contributed by atoms with Gasteiger partial charge in [-0.3, -0.25) is 4.72 Å². The Kier molecular flexibility index (Phi) is 5.31. The average Bonchev–Trinajstić information content (AvgIpc) is 2.53. The number of sulfonamides is 1. The van der Waals surface area contributed by atoms with Gasteiger partial charge in [0.05, 0.1) is 19.9 Å². The molecule has 2 aromatic rings. The van der Waals surface area contributed by atoms with Gasteiger partial charge >= 0.3 is 6.36 Å². The molecule has 2 aromatic carbocycles. The minimum absolute atomic E-state index is 0.0828. The molecule has 0 aliphatic rings. The lowest BCUT2D eigenvalue weighted by atomic mass is 10.3. The van der Waals surface area contributed by atoms with Gasteiger partial charge in [0.15, 0.2) is 11.5 Å². The van der Waals surface area contributed by atoms with E-state index in [1.807, 2.05) is 0 Å². The first-order chi connectivity index (χ1) is 11.7. The lowest BCUT2D eigenvalue weighted by molar-refractivity contribution is -0.275. The van der Waals surface area contributed by atoms with Gasteiger partial charge in [0, 0.05) is 6.07 Å². The molecule has 0 spiro atoms. The van der Waals surface area contributed by atoms with Gasteiger partial charge in [0.1, 0.15) is 10.6 Å². The molecule has 0 fully saturated rings. The molecule has 0 saturated carbocycles. The van der Waals surface area contributed by atoms with Gasteiger partial charge in [0.2, 0.25) is 0 Å². The van der Waals surface area contributed by atoms with Crippen molar-refractivity contribution in [2.24, 2.45) is 0 Å². The first-order valence-electron chi connectivity index (χ1n) is 6.76. The minimum Gasteiger partial charge on any atom is -0.493 e. The Hall–Kier alpha value is -2.62. The summed E-state index contributed by atoms with van der Waals surface area (Å²) in [6.07, 6.45) is -5.02. The Morgan fingerprint density at radius 2 is 1.56 bits per heavy atom. The number of methoxy groups -OCH3 is 2. The highest BCUT2D eigenvalue weighted by molar-refractivity contribution is 7.92. The topological polar surface area (TPSA) is 73.9 Å². The molecule has 0 heterocycles. The van der Waals surface area contributed by atoms with Crippen LogP contribution < -0.4 is 18.9 Å². The summed E-state index contributed by atoms with van der Waals surface area (Å²) in [5, 5.41) is 0. The Morgan fingerprint density at radius 1 is 0.920 bits per heavy atom. The van der Waals surface area contributed by atoms with Crippen molar-refractivity contribution >= 4 is 15.7 Å². The lowest BCUT2D eigenvalue weighted by Crippen LogP contribution is -2.20. The highest BCUT2D eigenvalue weighted by Gasteiger charge is 2.34. The van der Waals surface area contributed by atoms with E-state index >= 15 is 0 Å². The van der Waals surface area contributed by atoms with Gasteiger partial charge in [0.25, 0.3) is 10.0 Å². The SMILES string of the molecule is COc1ccc(NS(=O)(=O)c2ccccc2OC(F)(F)F)cc1OC. The van der Waals surface area contributed by atoms with Crippen LogP contribution in [0.25, 0.3) is 0 Å². The number of para-hydroxylation sites is 1. The molecular formula is C15H14F3NO5S. The van der Waals surface area contributed by atoms with E-state index < -0.39 is 27.0 Å². The molecule has 10 heteroatoms. The van der Waals surface area contributed by atoms with E-state index in [4.69, 9.17) is 9.47 Å². The molecule has 0 aromatic heterocycles. The van der Waals surface area contributed by atoms with Crippen molar-refractivity contribution in [1.29, 1.82) is 0 Å². The number of anilines is 1. The number of ether oxygens (including phenoxy) is 3. The molecule has 0 unspecified atom stereocenters. The Bertz CT molecular complexity index is 852. The largest absolute Gasteiger partial charge is 0.573 e. The predicted octanol–water partition coefficient (Wildman–Crippen LogP) is 3.40. The molecule has 0 radical (unpaired) electrons. The van der Waals surface area contributed by atoms with E-state index in [9.17, 15) is 21.6 Å². The van der Waals surface area contributed by atoms with Crippen molar-refractivity contribution in [2.45, 2.75) is 11.3 Å². The third kappa shape index (κ3) is 4.69. The Labute approximate surface area is 142 Å². The maximum atomic E-state index is 12.5. The smallest absolute Gasteiger partial charge is 0.493 e. The number of rotatable bonds is 6. The fraction of sp³-hybridized carbons (Fsp3) is 0.200. The zero-order chi connectivity index (χ0) is 18.7. The van der Waals surface area contributed by atoms with Gasteiger partial charge < -0.3 is 14.2 Å². The molecule has 0 amide bonds. The van der Waals surface area contributed by atoms with Gasteiger partial charge in [-0.25, -0.2) is 8.42 Å². The van der Waals surface area contributed by atoms with Crippen molar-refractivity contribution in [3.05, 3.63) is 42.5 Å². The molecule has 0 aliphatic carbocycles. The summed E-state index contributed by atoms with van der Waals surface area (Å²) < 4.78 is 78.3. The van der Waals surface area contributed by atoms with Crippen LogP contribution in [0.15, 0.2) is 47.4 Å². The van der Waals surface area contributed by atoms with E-state index in [-0.39, 0.29) is 11.4 Å². The van der Waals surface area contributed by atoms with Crippen molar-refractivity contribution < 1.29 is 35.8 Å². The quantitative estimate of drug-likeness (QED) is 0.835. The Morgan fingerprint density at radius 3 is 2.16 bits per heavy atom. The van der Waals surface area contributed by atoms with Crippen LogP contribution in [0.1, 0.15) is 0 Å². The van der Waals surface area contributed by atoms with Crippen molar-refractivity contribution in [3.8, 4) is 17.2 Å². The van der Waals surface area contributed by atoms with Crippen molar-refractivity contribution in [1.82, 2.24) is 0 Å². The van der Waals surface area contributed by atoms with Crippen LogP contribution in [-0.2, 0) is 10.0 Å². The summed E-state index contributed by atoms with van der Waals surface area (Å²) in [6.45, 7) is 0. The molecule has 25 heavy (non-hydrogen) atoms. The van der Waals surface area contributed by atoms with Gasteiger partial charge in [-0.2, -0.15) is 0 Å². The van der Waals surface area contributed by atoms with Gasteiger partial charge in [-0.1, -0.05) is 12.1 Å². The summed E-state index contributed by atoms with van der Waals surface area (Å²) in [5.74, 6) is -0.211. The zero-order valence-corrected chi connectivity index (χ0v) is 13.9. The summed E-state index contributed by atoms with van der Waals surface area (Å²) in [4.78, 5) is -0.651. The maximum Gasteiger partial charge on any atom is 0.573 e. The summed E-state index contributed by atoms with van der Waals surface area (Å²) in [7, 11) is -1.56. The molecule has 2 rings (SSSR count). The average molecular weight is 377 g/mol. The molecule has 0 bridgehead atoms. The van der Waals surface area contributed by atoms with Crippen LogP contribution in [0.3, 0.4) is 0 Å². The van der Waals surface area contributed by atoms with Gasteiger partial charge in [-0.05, 0) is 24.3 Å². The Balaban J connectivity index is 2.37. The lowest BCUT2D eigenvalue weighted by Gasteiger charge is -2.15. The number of nitrogens with one attached hydrogen (secondary N) is 1. The van der Waals surface area contributed by atoms with Crippen LogP contribution in [0.2, 0.25) is 0 Å². The first-order valence-corrected chi connectivity index (χ1v) is 8.24. The van der Waals surface area contributed by atoms with Crippen LogP contribution >= 0.6 is 0 Å². The van der Waals surface area contributed by atoms with E-state index in [1.165, 1.54) is 44.6 Å². The highest BCUT2D eigenvalue weighted by atomic mass is 32.2. The second-order valence-corrected chi connectivity index (χ2v) is 6.32. The second kappa shape index (κ2) is 7.09. The molecular weight excluding hydrogens is 363 g/mol. The minimum atomic E-state index is -5.02. The summed E-state index contributed by atoms with van der Waals surface area (Å²) in [6, 6.07) is 8.61. The standard InChI is InChI=1S/C15H14F3NO5S/c1-22-11-8-7-10(9-13(11)23-2)19-25(20,21)14-6-4-3-5-12(14)24-15(16,17)18/h3-9,19H,1-2H3. The normalized spacial score (nSPS) is 11.7. The monoisotopic (exact) mass is 377 g/mol. The van der Waals surface area contributed by atoms with Gasteiger partial charge in [-0.15, -0.1) is 13.2 Å². The van der Waals surface area contributed by atoms with E-state index in [0.29, 0.717) is 5.75 Å². The number of hydrogen-bond donors (Lipinski definition) is 1. The molecule has 6 nitrogen and oxygen atoms in total. The molecule has 0 aliphatic heterocycles. The number of halogens is 3. The molecule has 0 atom stereocenters. The van der Waals surface area contributed by atoms with E-state index in [2.05, 4.69) is 9.46 Å². The fourth-order valence-corrected chi connectivity index (χ4v) is 3.17. The summed E-state index contributed by atoms with van der Waals surface area (Å²) in [5.41, 5.74) is 0.0828. The summed E-state index contributed by atoms with van der Waals surface area (Å²) >= 11 is 0. The van der Waals surface area contributed by atoms with Crippen LogP contribution in [0.5, 0.6) is 17.2 Å². The fourth-order valence-electron chi connectivity index (χ4n) is 1.99. The number of alkyl halides is 3. The first kappa shape index (κ1) is 18.7. The highest BCUT2D eigenvalue weighted by Crippen LogP contribution is 2.33. The van der Waals surface area contributed by atoms with Crippen molar-refractivity contribution in [3.63, 3.8) is 0 Å².